The van der Waals surface area contributed by atoms with Crippen LogP contribution in [0.3, 0.4) is 0 Å². The fourth-order valence-electron chi connectivity index (χ4n) is 1.94. The van der Waals surface area contributed by atoms with Gasteiger partial charge in [0.25, 0.3) is 0 Å². The third-order valence-corrected chi connectivity index (χ3v) is 4.66. The highest BCUT2D eigenvalue weighted by atomic mass is 32.2. The van der Waals surface area contributed by atoms with Crippen molar-refractivity contribution in [2.24, 2.45) is 5.84 Å². The lowest BCUT2D eigenvalue weighted by molar-refractivity contribution is 0.216. The molecule has 2 rings (SSSR count). The fourth-order valence-corrected chi connectivity index (χ4v) is 3.91. The molecule has 1 aliphatic heterocycles. The Labute approximate surface area is 99.0 Å². The number of hydrogen-bond acceptors (Lipinski definition) is 5. The number of thiophene rings is 1. The van der Waals surface area contributed by atoms with Crippen molar-refractivity contribution >= 4 is 23.1 Å². The molecule has 3 nitrogen and oxygen atoms in total. The molecule has 0 radical (unpaired) electrons. The molecule has 1 fully saturated rings. The summed E-state index contributed by atoms with van der Waals surface area (Å²) in [5.74, 6) is 8.06. The average molecular weight is 243 g/mol. The molecular formula is C10H17N3S2. The molecule has 15 heavy (non-hydrogen) atoms. The molecule has 2 unspecified atom stereocenters. The van der Waals surface area contributed by atoms with Crippen molar-refractivity contribution < 1.29 is 0 Å². The van der Waals surface area contributed by atoms with Gasteiger partial charge >= 0.3 is 0 Å². The topological polar surface area (TPSA) is 41.3 Å². The molecular weight excluding hydrogens is 226 g/mol. The van der Waals surface area contributed by atoms with Crippen molar-refractivity contribution in [1.82, 2.24) is 10.3 Å². The molecule has 2 heterocycles. The Morgan fingerprint density at radius 2 is 2.53 bits per heavy atom. The molecule has 5 heteroatoms. The first-order chi connectivity index (χ1) is 7.33. The van der Waals surface area contributed by atoms with Crippen molar-refractivity contribution in [3.63, 3.8) is 0 Å². The molecule has 0 spiro atoms. The molecule has 1 aliphatic rings. The van der Waals surface area contributed by atoms with Gasteiger partial charge in [0.1, 0.15) is 0 Å². The summed E-state index contributed by atoms with van der Waals surface area (Å²) in [6.07, 6.45) is 0. The number of nitrogens with zero attached hydrogens (tertiary/aromatic N) is 1. The maximum absolute atomic E-state index is 5.68. The highest BCUT2D eigenvalue weighted by Gasteiger charge is 2.28. The Kier molecular flexibility index (Phi) is 4.05. The fraction of sp³-hybridized carbons (Fsp3) is 0.600. The molecule has 0 saturated carbocycles. The van der Waals surface area contributed by atoms with Crippen LogP contribution in [0.2, 0.25) is 0 Å². The van der Waals surface area contributed by atoms with Gasteiger partial charge in [0.2, 0.25) is 0 Å². The van der Waals surface area contributed by atoms with Crippen molar-refractivity contribution in [1.29, 1.82) is 0 Å². The molecule has 84 valence electrons. The second kappa shape index (κ2) is 5.32. The van der Waals surface area contributed by atoms with E-state index in [4.69, 9.17) is 5.84 Å². The van der Waals surface area contributed by atoms with Gasteiger partial charge in [-0.25, -0.2) is 0 Å². The first kappa shape index (κ1) is 11.4. The number of thioether (sulfide) groups is 1. The Balaban J connectivity index is 2.11. The van der Waals surface area contributed by atoms with E-state index >= 15 is 0 Å². The zero-order valence-corrected chi connectivity index (χ0v) is 10.5. The zero-order chi connectivity index (χ0) is 10.7. The predicted molar refractivity (Wildman–Crippen MR) is 68.1 cm³/mol. The number of hydrogen-bond donors (Lipinski definition) is 2. The van der Waals surface area contributed by atoms with Crippen molar-refractivity contribution in [2.75, 3.05) is 25.1 Å². The maximum Gasteiger partial charge on any atom is 0.0631 e. The SMILES string of the molecule is CN1CCSCC1C(NN)c1ccsc1. The summed E-state index contributed by atoms with van der Waals surface area (Å²) in [6.45, 7) is 1.15. The minimum absolute atomic E-state index is 0.258. The van der Waals surface area contributed by atoms with E-state index in [2.05, 4.69) is 34.2 Å². The van der Waals surface area contributed by atoms with Crippen LogP contribution in [0, 0.1) is 0 Å². The van der Waals surface area contributed by atoms with E-state index in [0.717, 1.165) is 12.3 Å². The minimum atomic E-state index is 0.258. The molecule has 0 amide bonds. The number of nitrogens with two attached hydrogens (primary N) is 1. The lowest BCUT2D eigenvalue weighted by Crippen LogP contribution is -2.49. The molecule has 0 aliphatic carbocycles. The zero-order valence-electron chi connectivity index (χ0n) is 8.85. The second-order valence-corrected chi connectivity index (χ2v) is 5.75. The summed E-state index contributed by atoms with van der Waals surface area (Å²) in [5.41, 5.74) is 4.26. The smallest absolute Gasteiger partial charge is 0.0631 e. The Hall–Kier alpha value is -0.0700. The largest absolute Gasteiger partial charge is 0.300 e. The van der Waals surface area contributed by atoms with E-state index in [1.54, 1.807) is 11.3 Å². The summed E-state index contributed by atoms with van der Waals surface area (Å²) in [4.78, 5) is 2.40. The molecule has 0 aromatic carbocycles. The van der Waals surface area contributed by atoms with Gasteiger partial charge in [-0.2, -0.15) is 23.1 Å². The molecule has 1 saturated heterocycles. The summed E-state index contributed by atoms with van der Waals surface area (Å²) in [6, 6.07) is 2.92. The van der Waals surface area contributed by atoms with Gasteiger partial charge in [-0.1, -0.05) is 0 Å². The van der Waals surface area contributed by atoms with Gasteiger partial charge in [-0.05, 0) is 29.4 Å². The summed E-state index contributed by atoms with van der Waals surface area (Å²) in [5, 5.41) is 4.29. The van der Waals surface area contributed by atoms with Crippen LogP contribution < -0.4 is 11.3 Å². The van der Waals surface area contributed by atoms with E-state index in [0.29, 0.717) is 6.04 Å². The van der Waals surface area contributed by atoms with Gasteiger partial charge in [0, 0.05) is 24.1 Å². The predicted octanol–water partition coefficient (Wildman–Crippen LogP) is 1.30. The van der Waals surface area contributed by atoms with E-state index in [1.807, 2.05) is 11.8 Å². The van der Waals surface area contributed by atoms with Crippen molar-refractivity contribution in [3.05, 3.63) is 22.4 Å². The third kappa shape index (κ3) is 2.54. The molecule has 0 bridgehead atoms. The Bertz CT molecular complexity index is 289. The summed E-state index contributed by atoms with van der Waals surface area (Å²) < 4.78 is 0. The summed E-state index contributed by atoms with van der Waals surface area (Å²) in [7, 11) is 2.18. The first-order valence-electron chi connectivity index (χ1n) is 5.09. The number of rotatable bonds is 3. The lowest BCUT2D eigenvalue weighted by atomic mass is 10.0. The highest BCUT2D eigenvalue weighted by Crippen LogP contribution is 2.27. The van der Waals surface area contributed by atoms with Crippen LogP contribution in [-0.4, -0.2) is 36.0 Å². The van der Waals surface area contributed by atoms with E-state index < -0.39 is 0 Å². The van der Waals surface area contributed by atoms with E-state index in [1.165, 1.54) is 11.3 Å². The molecule has 2 atom stereocenters. The van der Waals surface area contributed by atoms with Crippen LogP contribution in [0.5, 0.6) is 0 Å². The number of likely N-dealkylation sites (N-methyl/N-ethyl adjacent to an activating group) is 1. The Morgan fingerprint density at radius 1 is 1.67 bits per heavy atom. The standard InChI is InChI=1S/C10H17N3S2/c1-13-3-5-15-7-9(13)10(12-11)8-2-4-14-6-8/h2,4,6,9-10,12H,3,5,7,11H2,1H3. The first-order valence-corrected chi connectivity index (χ1v) is 7.19. The van der Waals surface area contributed by atoms with Gasteiger partial charge in [0.15, 0.2) is 0 Å². The van der Waals surface area contributed by atoms with Gasteiger partial charge in [0.05, 0.1) is 6.04 Å². The van der Waals surface area contributed by atoms with Crippen molar-refractivity contribution in [3.8, 4) is 0 Å². The molecule has 1 aromatic rings. The van der Waals surface area contributed by atoms with Crippen LogP contribution >= 0.6 is 23.1 Å². The quantitative estimate of drug-likeness (QED) is 0.620. The molecule has 3 N–H and O–H groups in total. The van der Waals surface area contributed by atoms with Gasteiger partial charge < -0.3 is 0 Å². The lowest BCUT2D eigenvalue weighted by Gasteiger charge is -2.37. The normalized spacial score (nSPS) is 25.3. The van der Waals surface area contributed by atoms with Crippen LogP contribution in [0.4, 0.5) is 0 Å². The van der Waals surface area contributed by atoms with Crippen LogP contribution in [0.25, 0.3) is 0 Å². The monoisotopic (exact) mass is 243 g/mol. The minimum Gasteiger partial charge on any atom is -0.300 e. The maximum atomic E-state index is 5.68. The van der Waals surface area contributed by atoms with Crippen LogP contribution in [0.15, 0.2) is 16.8 Å². The second-order valence-electron chi connectivity index (χ2n) is 3.82. The highest BCUT2D eigenvalue weighted by molar-refractivity contribution is 7.99. The van der Waals surface area contributed by atoms with Crippen molar-refractivity contribution in [2.45, 2.75) is 12.1 Å². The van der Waals surface area contributed by atoms with E-state index in [-0.39, 0.29) is 6.04 Å². The number of nitrogens with one attached hydrogen (secondary N) is 1. The number of hydrazine groups is 1. The molecule has 1 aromatic heterocycles. The third-order valence-electron chi connectivity index (χ3n) is 2.91. The Morgan fingerprint density at radius 3 is 3.13 bits per heavy atom. The van der Waals surface area contributed by atoms with Crippen LogP contribution in [-0.2, 0) is 0 Å². The van der Waals surface area contributed by atoms with Gasteiger partial charge in [-0.15, -0.1) is 0 Å². The van der Waals surface area contributed by atoms with E-state index in [9.17, 15) is 0 Å². The van der Waals surface area contributed by atoms with Crippen LogP contribution in [0.1, 0.15) is 11.6 Å². The van der Waals surface area contributed by atoms with Gasteiger partial charge in [-0.3, -0.25) is 16.2 Å². The average Bonchev–Trinajstić information content (AvgIpc) is 2.75. The summed E-state index contributed by atoms with van der Waals surface area (Å²) >= 11 is 3.74.